The van der Waals surface area contributed by atoms with Gasteiger partial charge in [0.15, 0.2) is 12.0 Å². The lowest BCUT2D eigenvalue weighted by atomic mass is 10.2. The average Bonchev–Trinajstić information content (AvgIpc) is 2.86. The van der Waals surface area contributed by atoms with E-state index in [0.29, 0.717) is 16.4 Å². The Morgan fingerprint density at radius 2 is 1.70 bits per heavy atom. The number of fused-ring (bicyclic) bond motifs is 1. The van der Waals surface area contributed by atoms with E-state index in [-0.39, 0.29) is 0 Å². The van der Waals surface area contributed by atoms with Gasteiger partial charge in [-0.2, -0.15) is 0 Å². The predicted molar refractivity (Wildman–Crippen MR) is 80.3 cm³/mol. The van der Waals surface area contributed by atoms with Crippen LogP contribution in [0.5, 0.6) is 17.2 Å². The number of hydrogen-bond donors (Lipinski definition) is 0. The van der Waals surface area contributed by atoms with Crippen molar-refractivity contribution in [3.63, 3.8) is 0 Å². The van der Waals surface area contributed by atoms with Crippen molar-refractivity contribution in [3.05, 3.63) is 53.4 Å². The standard InChI is InChI=1S/C16H12O3S/c1-18-11-6-8-12(9-7-11)19-16-13-4-2-3-5-14(13)20-15(16)10-17/h2-10H,1H3. The summed E-state index contributed by atoms with van der Waals surface area (Å²) < 4.78 is 12.0. The first-order chi connectivity index (χ1) is 9.81. The Bertz CT molecular complexity index is 744. The topological polar surface area (TPSA) is 35.5 Å². The average molecular weight is 284 g/mol. The van der Waals surface area contributed by atoms with Gasteiger partial charge in [0.05, 0.1) is 7.11 Å². The lowest BCUT2D eigenvalue weighted by Gasteiger charge is -2.06. The molecule has 0 aliphatic rings. The van der Waals surface area contributed by atoms with E-state index in [4.69, 9.17) is 9.47 Å². The summed E-state index contributed by atoms with van der Waals surface area (Å²) >= 11 is 1.43. The fourth-order valence-electron chi connectivity index (χ4n) is 1.99. The highest BCUT2D eigenvalue weighted by atomic mass is 32.1. The molecule has 1 heterocycles. The van der Waals surface area contributed by atoms with Gasteiger partial charge in [0.25, 0.3) is 0 Å². The fraction of sp³-hybridized carbons (Fsp3) is 0.0625. The molecule has 4 heteroatoms. The molecule has 0 aliphatic heterocycles. The Labute approximate surface area is 120 Å². The van der Waals surface area contributed by atoms with Crippen LogP contribution < -0.4 is 9.47 Å². The van der Waals surface area contributed by atoms with Crippen molar-refractivity contribution < 1.29 is 14.3 Å². The molecular weight excluding hydrogens is 272 g/mol. The van der Waals surface area contributed by atoms with Crippen LogP contribution in [0.25, 0.3) is 10.1 Å². The Hall–Kier alpha value is -2.33. The molecule has 20 heavy (non-hydrogen) atoms. The first kappa shape index (κ1) is 12.7. The van der Waals surface area contributed by atoms with Crippen LogP contribution in [0.15, 0.2) is 48.5 Å². The van der Waals surface area contributed by atoms with Crippen molar-refractivity contribution in [1.82, 2.24) is 0 Å². The van der Waals surface area contributed by atoms with E-state index in [1.807, 2.05) is 48.5 Å². The molecule has 0 unspecified atom stereocenters. The Morgan fingerprint density at radius 3 is 2.40 bits per heavy atom. The fourth-order valence-corrected chi connectivity index (χ4v) is 2.93. The maximum Gasteiger partial charge on any atom is 0.163 e. The van der Waals surface area contributed by atoms with Gasteiger partial charge in [-0.05, 0) is 36.4 Å². The van der Waals surface area contributed by atoms with Crippen LogP contribution >= 0.6 is 11.3 Å². The van der Waals surface area contributed by atoms with Crippen molar-refractivity contribution in [2.24, 2.45) is 0 Å². The number of carbonyl (C=O) groups excluding carboxylic acids is 1. The lowest BCUT2D eigenvalue weighted by molar-refractivity contribution is 0.112. The molecule has 0 amide bonds. The molecular formula is C16H12O3S. The van der Waals surface area contributed by atoms with E-state index in [1.165, 1.54) is 11.3 Å². The van der Waals surface area contributed by atoms with Gasteiger partial charge in [-0.3, -0.25) is 4.79 Å². The number of ether oxygens (including phenoxy) is 2. The highest BCUT2D eigenvalue weighted by molar-refractivity contribution is 7.21. The molecule has 1 aromatic heterocycles. The molecule has 0 spiro atoms. The second kappa shape index (κ2) is 5.35. The molecule has 100 valence electrons. The van der Waals surface area contributed by atoms with E-state index >= 15 is 0 Å². The van der Waals surface area contributed by atoms with Gasteiger partial charge in [-0.1, -0.05) is 12.1 Å². The third-order valence-corrected chi connectivity index (χ3v) is 4.04. The van der Waals surface area contributed by atoms with Crippen LogP contribution in [0, 0.1) is 0 Å². The summed E-state index contributed by atoms with van der Waals surface area (Å²) in [6, 6.07) is 15.1. The molecule has 0 bridgehead atoms. The van der Waals surface area contributed by atoms with Crippen LogP contribution in [0.3, 0.4) is 0 Å². The number of carbonyl (C=O) groups is 1. The zero-order valence-corrected chi connectivity index (χ0v) is 11.6. The van der Waals surface area contributed by atoms with Crippen LogP contribution in [0.4, 0.5) is 0 Å². The van der Waals surface area contributed by atoms with Crippen molar-refractivity contribution >= 4 is 27.7 Å². The van der Waals surface area contributed by atoms with Crippen molar-refractivity contribution in [2.45, 2.75) is 0 Å². The van der Waals surface area contributed by atoms with Crippen LogP contribution in [0.2, 0.25) is 0 Å². The van der Waals surface area contributed by atoms with E-state index in [0.717, 1.165) is 22.1 Å². The number of benzene rings is 2. The van der Waals surface area contributed by atoms with Crippen molar-refractivity contribution in [1.29, 1.82) is 0 Å². The van der Waals surface area contributed by atoms with Gasteiger partial charge >= 0.3 is 0 Å². The number of hydrogen-bond acceptors (Lipinski definition) is 4. The van der Waals surface area contributed by atoms with Gasteiger partial charge in [-0.25, -0.2) is 0 Å². The number of aldehydes is 1. The van der Waals surface area contributed by atoms with Crippen LogP contribution in [-0.4, -0.2) is 13.4 Å². The largest absolute Gasteiger partial charge is 0.497 e. The molecule has 2 aromatic carbocycles. The van der Waals surface area contributed by atoms with Crippen LogP contribution in [0.1, 0.15) is 9.67 Å². The van der Waals surface area contributed by atoms with E-state index in [1.54, 1.807) is 7.11 Å². The zero-order valence-electron chi connectivity index (χ0n) is 10.8. The van der Waals surface area contributed by atoms with Crippen LogP contribution in [-0.2, 0) is 0 Å². The summed E-state index contributed by atoms with van der Waals surface area (Å²) in [6.07, 6.45) is 0.837. The molecule has 0 fully saturated rings. The quantitative estimate of drug-likeness (QED) is 0.661. The molecule has 0 aliphatic carbocycles. The van der Waals surface area contributed by atoms with Gasteiger partial charge in [-0.15, -0.1) is 11.3 Å². The van der Waals surface area contributed by atoms with Crippen molar-refractivity contribution in [3.8, 4) is 17.2 Å². The minimum absolute atomic E-state index is 0.599. The van der Waals surface area contributed by atoms with Crippen molar-refractivity contribution in [2.75, 3.05) is 7.11 Å². The first-order valence-corrected chi connectivity index (χ1v) is 6.92. The molecule has 0 saturated heterocycles. The maximum atomic E-state index is 11.2. The summed E-state index contributed by atoms with van der Waals surface area (Å²) in [5.41, 5.74) is 0. The summed E-state index contributed by atoms with van der Waals surface area (Å²) in [5, 5.41) is 0.954. The van der Waals surface area contributed by atoms with E-state index in [2.05, 4.69) is 0 Å². The molecule has 3 nitrogen and oxygen atoms in total. The summed E-state index contributed by atoms with van der Waals surface area (Å²) in [4.78, 5) is 11.8. The van der Waals surface area contributed by atoms with E-state index < -0.39 is 0 Å². The first-order valence-electron chi connectivity index (χ1n) is 6.10. The monoisotopic (exact) mass is 284 g/mol. The summed E-state index contributed by atoms with van der Waals surface area (Å²) in [6.45, 7) is 0. The molecule has 0 N–H and O–H groups in total. The second-order valence-electron chi connectivity index (χ2n) is 4.19. The summed E-state index contributed by atoms with van der Waals surface area (Å²) in [5.74, 6) is 2.06. The third kappa shape index (κ3) is 2.26. The SMILES string of the molecule is COc1ccc(Oc2c(C=O)sc3ccccc23)cc1. The number of thiophene rings is 1. The third-order valence-electron chi connectivity index (χ3n) is 2.96. The molecule has 0 atom stereocenters. The normalized spacial score (nSPS) is 10.4. The Balaban J connectivity index is 2.02. The second-order valence-corrected chi connectivity index (χ2v) is 5.27. The van der Waals surface area contributed by atoms with Gasteiger partial charge in [0.1, 0.15) is 16.4 Å². The lowest BCUT2D eigenvalue weighted by Crippen LogP contribution is -1.87. The van der Waals surface area contributed by atoms with Gasteiger partial charge in [0, 0.05) is 10.1 Å². The van der Waals surface area contributed by atoms with Gasteiger partial charge < -0.3 is 9.47 Å². The molecule has 0 radical (unpaired) electrons. The molecule has 3 aromatic rings. The Kier molecular flexibility index (Phi) is 3.39. The minimum Gasteiger partial charge on any atom is -0.497 e. The van der Waals surface area contributed by atoms with Gasteiger partial charge in [0.2, 0.25) is 0 Å². The maximum absolute atomic E-state index is 11.2. The highest BCUT2D eigenvalue weighted by Gasteiger charge is 2.13. The highest BCUT2D eigenvalue weighted by Crippen LogP contribution is 2.39. The molecule has 0 saturated carbocycles. The Morgan fingerprint density at radius 1 is 1.00 bits per heavy atom. The number of rotatable bonds is 4. The minimum atomic E-state index is 0.599. The zero-order chi connectivity index (χ0) is 13.9. The van der Waals surface area contributed by atoms with E-state index in [9.17, 15) is 4.79 Å². The number of methoxy groups -OCH3 is 1. The smallest absolute Gasteiger partial charge is 0.163 e. The summed E-state index contributed by atoms with van der Waals surface area (Å²) in [7, 11) is 1.62. The predicted octanol–water partition coefficient (Wildman–Crippen LogP) is 4.51. The molecule has 3 rings (SSSR count).